The van der Waals surface area contributed by atoms with E-state index in [2.05, 4.69) is 4.98 Å². The molecule has 1 aliphatic heterocycles. The van der Waals surface area contributed by atoms with E-state index in [0.29, 0.717) is 18.5 Å². The fraction of sp³-hybridized carbons (Fsp3) is 0.556. The molecule has 0 bridgehead atoms. The van der Waals surface area contributed by atoms with Crippen molar-refractivity contribution in [1.29, 1.82) is 0 Å². The van der Waals surface area contributed by atoms with Gasteiger partial charge >= 0.3 is 12.1 Å². The summed E-state index contributed by atoms with van der Waals surface area (Å²) in [6, 6.07) is 2.39. The van der Waals surface area contributed by atoms with E-state index in [1.165, 1.54) is 17.3 Å². The van der Waals surface area contributed by atoms with Crippen LogP contribution in [-0.2, 0) is 14.3 Å². The number of aromatic nitrogens is 1. The van der Waals surface area contributed by atoms with Crippen molar-refractivity contribution < 1.29 is 23.9 Å². The van der Waals surface area contributed by atoms with Crippen LogP contribution in [0.1, 0.15) is 44.5 Å². The summed E-state index contributed by atoms with van der Waals surface area (Å²) in [7, 11) is 0. The van der Waals surface area contributed by atoms with Gasteiger partial charge in [-0.05, 0) is 45.2 Å². The van der Waals surface area contributed by atoms with Gasteiger partial charge in [-0.2, -0.15) is 0 Å². The molecular weight excluding hydrogens is 324 g/mol. The van der Waals surface area contributed by atoms with E-state index in [9.17, 15) is 14.4 Å². The number of rotatable bonds is 4. The lowest BCUT2D eigenvalue weighted by Crippen LogP contribution is -2.44. The van der Waals surface area contributed by atoms with Crippen molar-refractivity contribution in [2.45, 2.75) is 45.8 Å². The van der Waals surface area contributed by atoms with E-state index < -0.39 is 23.7 Å². The Hall–Kier alpha value is -2.44. The molecule has 2 unspecified atom stereocenters. The van der Waals surface area contributed by atoms with Gasteiger partial charge in [0.15, 0.2) is 12.4 Å². The Kier molecular flexibility index (Phi) is 5.77. The number of Topliss-reactive ketones (excluding diaryl/α,β-unsaturated/α-hetero) is 1. The van der Waals surface area contributed by atoms with Crippen LogP contribution in [0, 0.1) is 5.92 Å². The van der Waals surface area contributed by atoms with Gasteiger partial charge in [-0.15, -0.1) is 0 Å². The molecule has 136 valence electrons. The minimum absolute atomic E-state index is 0.154. The van der Waals surface area contributed by atoms with Gasteiger partial charge in [0.25, 0.3) is 0 Å². The first-order valence-corrected chi connectivity index (χ1v) is 8.27. The minimum atomic E-state index is -0.727. The lowest BCUT2D eigenvalue weighted by atomic mass is 10.1. The van der Waals surface area contributed by atoms with Crippen LogP contribution in [-0.4, -0.2) is 52.5 Å². The number of likely N-dealkylation sites (tertiary alicyclic amines) is 1. The molecule has 0 radical (unpaired) electrons. The Bertz CT molecular complexity index is 639. The zero-order valence-electron chi connectivity index (χ0n) is 15.0. The lowest BCUT2D eigenvalue weighted by molar-refractivity contribution is -0.147. The normalized spacial score (nSPS) is 20.2. The maximum atomic E-state index is 12.4. The smallest absolute Gasteiger partial charge is 0.411 e. The van der Waals surface area contributed by atoms with E-state index >= 15 is 0 Å². The minimum Gasteiger partial charge on any atom is -0.456 e. The molecule has 7 heteroatoms. The Balaban J connectivity index is 1.96. The highest BCUT2D eigenvalue weighted by molar-refractivity contribution is 5.98. The second-order valence-electron chi connectivity index (χ2n) is 7.26. The average Bonchev–Trinajstić information content (AvgIpc) is 2.93. The summed E-state index contributed by atoms with van der Waals surface area (Å²) in [6.45, 7) is 7.32. The third-order valence-corrected chi connectivity index (χ3v) is 3.76. The molecule has 1 aromatic rings. The summed E-state index contributed by atoms with van der Waals surface area (Å²) in [5.41, 5.74) is -0.221. The van der Waals surface area contributed by atoms with E-state index in [4.69, 9.17) is 9.47 Å². The van der Waals surface area contributed by atoms with Crippen molar-refractivity contribution in [1.82, 2.24) is 9.88 Å². The van der Waals surface area contributed by atoms with Gasteiger partial charge in [-0.25, -0.2) is 9.59 Å². The van der Waals surface area contributed by atoms with Crippen LogP contribution >= 0.6 is 0 Å². The molecule has 0 spiro atoms. The van der Waals surface area contributed by atoms with Gasteiger partial charge < -0.3 is 9.47 Å². The predicted octanol–water partition coefficient (Wildman–Crippen LogP) is 2.45. The third-order valence-electron chi connectivity index (χ3n) is 3.76. The summed E-state index contributed by atoms with van der Waals surface area (Å²) >= 11 is 0. The maximum absolute atomic E-state index is 12.4. The Morgan fingerprint density at radius 3 is 2.48 bits per heavy atom. The van der Waals surface area contributed by atoms with Gasteiger partial charge in [0.2, 0.25) is 0 Å². The number of carbonyl (C=O) groups is 3. The van der Waals surface area contributed by atoms with Crippen LogP contribution in [0.25, 0.3) is 0 Å². The number of esters is 1. The summed E-state index contributed by atoms with van der Waals surface area (Å²) in [4.78, 5) is 41.9. The molecule has 0 aliphatic carbocycles. The highest BCUT2D eigenvalue weighted by Gasteiger charge is 2.41. The molecule has 1 aliphatic rings. The topological polar surface area (TPSA) is 85.8 Å². The molecular formula is C18H24N2O5. The first-order chi connectivity index (χ1) is 11.7. The van der Waals surface area contributed by atoms with Gasteiger partial charge in [-0.3, -0.25) is 14.7 Å². The van der Waals surface area contributed by atoms with Crippen LogP contribution in [0.5, 0.6) is 0 Å². The fourth-order valence-electron chi connectivity index (χ4n) is 2.65. The number of carbonyl (C=O) groups excluding carboxylic acids is 3. The van der Waals surface area contributed by atoms with Crippen molar-refractivity contribution in [2.75, 3.05) is 13.2 Å². The van der Waals surface area contributed by atoms with Crippen LogP contribution in [0.2, 0.25) is 0 Å². The zero-order valence-corrected chi connectivity index (χ0v) is 15.0. The number of hydrogen-bond acceptors (Lipinski definition) is 6. The highest BCUT2D eigenvalue weighted by atomic mass is 16.6. The number of ether oxygens (including phenoxy) is 2. The zero-order chi connectivity index (χ0) is 18.6. The molecule has 25 heavy (non-hydrogen) atoms. The predicted molar refractivity (Wildman–Crippen MR) is 90.0 cm³/mol. The third kappa shape index (κ3) is 5.27. The van der Waals surface area contributed by atoms with Gasteiger partial charge in [0.1, 0.15) is 11.6 Å². The Labute approximate surface area is 147 Å². The van der Waals surface area contributed by atoms with Crippen molar-refractivity contribution in [2.24, 2.45) is 5.92 Å². The maximum Gasteiger partial charge on any atom is 0.411 e. The Morgan fingerprint density at radius 1 is 1.24 bits per heavy atom. The van der Waals surface area contributed by atoms with E-state index in [-0.39, 0.29) is 18.3 Å². The number of pyridine rings is 1. The first kappa shape index (κ1) is 18.9. The largest absolute Gasteiger partial charge is 0.456 e. The van der Waals surface area contributed by atoms with E-state index in [1.807, 2.05) is 6.92 Å². The molecule has 0 aromatic carbocycles. The molecule has 1 amide bonds. The second kappa shape index (κ2) is 7.63. The average molecular weight is 348 g/mol. The summed E-state index contributed by atoms with van der Waals surface area (Å²) in [5, 5.41) is 0. The quantitative estimate of drug-likeness (QED) is 0.614. The Morgan fingerprint density at radius 2 is 1.88 bits per heavy atom. The molecule has 7 nitrogen and oxygen atoms in total. The fourth-order valence-corrected chi connectivity index (χ4v) is 2.65. The molecule has 2 atom stereocenters. The van der Waals surface area contributed by atoms with E-state index in [0.717, 1.165) is 0 Å². The molecule has 1 fully saturated rings. The molecule has 1 saturated heterocycles. The number of nitrogens with zero attached hydrogens (tertiary/aromatic N) is 2. The van der Waals surface area contributed by atoms with Crippen LogP contribution in [0.15, 0.2) is 24.5 Å². The summed E-state index contributed by atoms with van der Waals surface area (Å²) in [6.07, 6.45) is 2.94. The monoisotopic (exact) mass is 348 g/mol. The van der Waals surface area contributed by atoms with Crippen LogP contribution in [0.3, 0.4) is 0 Å². The molecule has 0 saturated carbocycles. The van der Waals surface area contributed by atoms with Crippen molar-refractivity contribution >= 4 is 17.8 Å². The number of ketones is 1. The highest BCUT2D eigenvalue weighted by Crippen LogP contribution is 2.26. The summed E-state index contributed by atoms with van der Waals surface area (Å²) < 4.78 is 10.5. The number of hydrogen-bond donors (Lipinski definition) is 0. The van der Waals surface area contributed by atoms with Crippen molar-refractivity contribution in [3.8, 4) is 0 Å². The SMILES string of the molecule is CC1CC(C(=O)OCC(=O)c2ccncc2)N(C(=O)OC(C)(C)C)C1. The molecule has 2 heterocycles. The van der Waals surface area contributed by atoms with Crippen LogP contribution in [0.4, 0.5) is 4.79 Å². The number of amides is 1. The van der Waals surface area contributed by atoms with Gasteiger partial charge in [0.05, 0.1) is 0 Å². The van der Waals surface area contributed by atoms with Crippen LogP contribution < -0.4 is 0 Å². The van der Waals surface area contributed by atoms with Crippen molar-refractivity contribution in [3.05, 3.63) is 30.1 Å². The standard InChI is InChI=1S/C18H24N2O5/c1-12-9-14(20(10-12)17(23)25-18(2,3)4)16(22)24-11-15(21)13-5-7-19-8-6-13/h5-8,12,14H,9-11H2,1-4H3. The molecule has 1 aromatic heterocycles. The van der Waals surface area contributed by atoms with E-state index in [1.54, 1.807) is 32.9 Å². The van der Waals surface area contributed by atoms with Crippen molar-refractivity contribution in [3.63, 3.8) is 0 Å². The second-order valence-corrected chi connectivity index (χ2v) is 7.26. The van der Waals surface area contributed by atoms with Gasteiger partial charge in [-0.1, -0.05) is 6.92 Å². The molecule has 2 rings (SSSR count). The first-order valence-electron chi connectivity index (χ1n) is 8.27. The summed E-state index contributed by atoms with van der Waals surface area (Å²) in [5.74, 6) is -0.746. The van der Waals surface area contributed by atoms with Gasteiger partial charge in [0, 0.05) is 24.5 Å². The molecule has 0 N–H and O–H groups in total. The lowest BCUT2D eigenvalue weighted by Gasteiger charge is -2.27.